The topological polar surface area (TPSA) is 129 Å². The number of fused-ring (bicyclic) bond motifs is 1. The van der Waals surface area contributed by atoms with Gasteiger partial charge in [-0.1, -0.05) is 12.6 Å². The first-order valence-electron chi connectivity index (χ1n) is 13.5. The van der Waals surface area contributed by atoms with Crippen LogP contribution in [0.25, 0.3) is 5.69 Å². The van der Waals surface area contributed by atoms with E-state index in [9.17, 15) is 14.7 Å². The monoisotopic (exact) mass is 601 g/mol. The molecule has 0 saturated heterocycles. The number of benzene rings is 1. The van der Waals surface area contributed by atoms with E-state index in [0.717, 1.165) is 35.4 Å². The van der Waals surface area contributed by atoms with Gasteiger partial charge in [-0.2, -0.15) is 5.10 Å². The highest BCUT2D eigenvalue weighted by Crippen LogP contribution is 2.43. The Morgan fingerprint density at radius 2 is 2.02 bits per heavy atom. The summed E-state index contributed by atoms with van der Waals surface area (Å²) < 4.78 is 2.54. The number of rotatable bonds is 4. The van der Waals surface area contributed by atoms with Gasteiger partial charge in [0.15, 0.2) is 0 Å². The molecule has 0 radical (unpaired) electrons. The molecular formula is C29H28BrN7O3. The van der Waals surface area contributed by atoms with Crippen LogP contribution in [0.5, 0.6) is 5.75 Å². The maximum absolute atomic E-state index is 14.2. The minimum atomic E-state index is -0.659. The van der Waals surface area contributed by atoms with E-state index in [2.05, 4.69) is 38.6 Å². The van der Waals surface area contributed by atoms with Crippen molar-refractivity contribution >= 4 is 39.8 Å². The number of nitrogens with two attached hydrogens (primary N) is 1. The zero-order chi connectivity index (χ0) is 27.7. The third-order valence-electron chi connectivity index (χ3n) is 8.40. The number of phenols is 1. The largest absolute Gasteiger partial charge is 0.506 e. The zero-order valence-corrected chi connectivity index (χ0v) is 23.3. The Morgan fingerprint density at radius 3 is 2.77 bits per heavy atom. The van der Waals surface area contributed by atoms with E-state index in [-0.39, 0.29) is 17.6 Å². The highest BCUT2D eigenvalue weighted by atomic mass is 79.9. The van der Waals surface area contributed by atoms with Crippen LogP contribution >= 0.6 is 15.9 Å². The summed E-state index contributed by atoms with van der Waals surface area (Å²) in [6.07, 6.45) is 7.86. The minimum absolute atomic E-state index is 0.191. The standard InChI is InChI=1S/C29H28BrN7O3/c1-2-24(39)35-9-7-19-26-21(37(34-19)20-6-5-16(11-23(20)38)15-3-4-15)8-10-36(22(26)13-35)29(40)25-18(31)12-17(30)27-28(25)33-14-32-27/h2,5-6,11-12,14-15,18,22,38H,1,3-4,7-10,13,31H2. The average molecular weight is 602 g/mol. The lowest BCUT2D eigenvalue weighted by atomic mass is 9.91. The number of aromatic nitrogens is 2. The molecule has 204 valence electrons. The van der Waals surface area contributed by atoms with Gasteiger partial charge in [-0.15, -0.1) is 0 Å². The number of hydrogen-bond acceptors (Lipinski definition) is 7. The molecule has 40 heavy (non-hydrogen) atoms. The van der Waals surface area contributed by atoms with Gasteiger partial charge >= 0.3 is 0 Å². The highest BCUT2D eigenvalue weighted by Gasteiger charge is 2.43. The van der Waals surface area contributed by atoms with Gasteiger partial charge in [0.1, 0.15) is 29.2 Å². The van der Waals surface area contributed by atoms with E-state index in [1.807, 2.05) is 16.8 Å². The molecule has 11 heteroatoms. The molecule has 4 heterocycles. The Morgan fingerprint density at radius 1 is 1.20 bits per heavy atom. The van der Waals surface area contributed by atoms with Crippen molar-refractivity contribution in [2.24, 2.45) is 15.7 Å². The maximum Gasteiger partial charge on any atom is 0.254 e. The maximum atomic E-state index is 14.2. The highest BCUT2D eigenvalue weighted by molar-refractivity contribution is 9.12. The van der Waals surface area contributed by atoms with Gasteiger partial charge in [0.25, 0.3) is 5.91 Å². The van der Waals surface area contributed by atoms with Crippen molar-refractivity contribution in [1.82, 2.24) is 19.6 Å². The first kappa shape index (κ1) is 25.2. The summed E-state index contributed by atoms with van der Waals surface area (Å²) in [4.78, 5) is 39.2. The predicted octanol–water partition coefficient (Wildman–Crippen LogP) is 2.81. The number of aliphatic imine (C=N–C) groups is 2. The number of phenolic OH excluding ortho intramolecular Hbond substituents is 1. The number of carbonyl (C=O) groups is 2. The smallest absolute Gasteiger partial charge is 0.254 e. The molecule has 2 unspecified atom stereocenters. The average Bonchev–Trinajstić information content (AvgIpc) is 3.61. The molecule has 5 aliphatic rings. The van der Waals surface area contributed by atoms with Crippen LogP contribution in [0.4, 0.5) is 0 Å². The molecule has 3 aliphatic heterocycles. The molecule has 1 aromatic heterocycles. The van der Waals surface area contributed by atoms with Crippen LogP contribution in [0.1, 0.15) is 47.3 Å². The first-order chi connectivity index (χ1) is 19.4. The van der Waals surface area contributed by atoms with Gasteiger partial charge in [0.05, 0.1) is 29.0 Å². The minimum Gasteiger partial charge on any atom is -0.506 e. The van der Waals surface area contributed by atoms with Crippen molar-refractivity contribution in [2.75, 3.05) is 19.6 Å². The fourth-order valence-corrected chi connectivity index (χ4v) is 6.85. The molecular weight excluding hydrogens is 574 g/mol. The van der Waals surface area contributed by atoms with Crippen molar-refractivity contribution in [3.63, 3.8) is 0 Å². The molecule has 0 spiro atoms. The van der Waals surface area contributed by atoms with Gasteiger partial charge in [0.2, 0.25) is 5.91 Å². The number of hydrogen-bond donors (Lipinski definition) is 2. The zero-order valence-electron chi connectivity index (χ0n) is 21.8. The molecule has 2 aromatic rings. The van der Waals surface area contributed by atoms with Crippen LogP contribution in [-0.2, 0) is 22.4 Å². The summed E-state index contributed by atoms with van der Waals surface area (Å²) >= 11 is 3.49. The van der Waals surface area contributed by atoms with Gasteiger partial charge in [0, 0.05) is 42.5 Å². The van der Waals surface area contributed by atoms with Crippen molar-refractivity contribution in [3.05, 3.63) is 75.2 Å². The Labute approximate surface area is 239 Å². The van der Waals surface area contributed by atoms with Gasteiger partial charge in [-0.25, -0.2) is 14.7 Å². The quantitative estimate of drug-likeness (QED) is 0.521. The fourth-order valence-electron chi connectivity index (χ4n) is 6.27. The molecule has 1 saturated carbocycles. The van der Waals surface area contributed by atoms with Crippen molar-refractivity contribution < 1.29 is 14.7 Å². The molecule has 1 aromatic carbocycles. The van der Waals surface area contributed by atoms with E-state index in [1.165, 1.54) is 12.4 Å². The SMILES string of the molecule is C=CC(=O)N1CCc2nn(-c3ccc(C4CC4)cc3O)c3c2C(C1)N(C(=O)C1=C2N=CN=C2C(Br)=CC1N)CC3. The molecule has 3 N–H and O–H groups in total. The van der Waals surface area contributed by atoms with Crippen LogP contribution in [0.2, 0.25) is 0 Å². The van der Waals surface area contributed by atoms with Gasteiger partial charge in [-0.3, -0.25) is 9.59 Å². The Hall–Kier alpha value is -3.83. The number of carbonyl (C=O) groups excluding carboxylic acids is 2. The van der Waals surface area contributed by atoms with Crippen LogP contribution in [0, 0.1) is 0 Å². The summed E-state index contributed by atoms with van der Waals surface area (Å²) in [6, 6.07) is 4.74. The summed E-state index contributed by atoms with van der Waals surface area (Å²) in [5.74, 6) is 0.297. The van der Waals surface area contributed by atoms with Crippen molar-refractivity contribution in [1.29, 1.82) is 0 Å². The van der Waals surface area contributed by atoms with E-state index in [1.54, 1.807) is 15.9 Å². The Balaban J connectivity index is 1.32. The van der Waals surface area contributed by atoms with Gasteiger partial charge in [-0.05, 0) is 64.5 Å². The Bertz CT molecular complexity index is 1610. The molecule has 2 atom stereocenters. The lowest BCUT2D eigenvalue weighted by Crippen LogP contribution is -2.48. The second-order valence-electron chi connectivity index (χ2n) is 10.8. The molecule has 2 amide bonds. The number of amides is 2. The number of halogens is 1. The van der Waals surface area contributed by atoms with Crippen molar-refractivity contribution in [2.45, 2.75) is 43.7 Å². The number of nitrogens with zero attached hydrogens (tertiary/aromatic N) is 6. The normalized spacial score (nSPS) is 23.4. The predicted molar refractivity (Wildman–Crippen MR) is 154 cm³/mol. The first-order valence-corrected chi connectivity index (χ1v) is 14.3. The third kappa shape index (κ3) is 3.90. The Kier molecular flexibility index (Phi) is 5.90. The van der Waals surface area contributed by atoms with E-state index >= 15 is 0 Å². The lowest BCUT2D eigenvalue weighted by Gasteiger charge is -2.39. The summed E-state index contributed by atoms with van der Waals surface area (Å²) in [6.45, 7) is 4.81. The molecule has 10 nitrogen and oxygen atoms in total. The van der Waals surface area contributed by atoms with Crippen LogP contribution in [0.15, 0.2) is 62.7 Å². The number of allylic oxidation sites excluding steroid dienone is 1. The summed E-state index contributed by atoms with van der Waals surface area (Å²) in [5, 5.41) is 16.0. The fraction of sp³-hybridized carbons (Fsp3) is 0.345. The summed E-state index contributed by atoms with van der Waals surface area (Å²) in [7, 11) is 0. The lowest BCUT2D eigenvalue weighted by molar-refractivity contribution is -0.133. The van der Waals surface area contributed by atoms with Crippen LogP contribution < -0.4 is 5.73 Å². The van der Waals surface area contributed by atoms with E-state index in [0.29, 0.717) is 65.5 Å². The van der Waals surface area contributed by atoms with Crippen LogP contribution in [0.3, 0.4) is 0 Å². The van der Waals surface area contributed by atoms with E-state index in [4.69, 9.17) is 10.8 Å². The molecule has 1 fully saturated rings. The van der Waals surface area contributed by atoms with Crippen LogP contribution in [-0.4, -0.2) is 74.2 Å². The van der Waals surface area contributed by atoms with E-state index < -0.39 is 12.1 Å². The summed E-state index contributed by atoms with van der Waals surface area (Å²) in [5.41, 5.74) is 12.4. The molecule has 0 bridgehead atoms. The number of aromatic hydroxyl groups is 1. The second kappa shape index (κ2) is 9.38. The molecule has 7 rings (SSSR count). The molecule has 2 aliphatic carbocycles. The second-order valence-corrected chi connectivity index (χ2v) is 11.6. The third-order valence-corrected chi connectivity index (χ3v) is 9.04. The van der Waals surface area contributed by atoms with Crippen molar-refractivity contribution in [3.8, 4) is 11.4 Å². The van der Waals surface area contributed by atoms with Gasteiger partial charge < -0.3 is 20.6 Å².